The van der Waals surface area contributed by atoms with Gasteiger partial charge in [0.2, 0.25) is 11.8 Å². The van der Waals surface area contributed by atoms with E-state index in [9.17, 15) is 9.59 Å². The number of halogens is 1. The summed E-state index contributed by atoms with van der Waals surface area (Å²) in [6.45, 7) is 5.64. The zero-order chi connectivity index (χ0) is 19.4. The molecule has 7 heteroatoms. The molecule has 0 bridgehead atoms. The summed E-state index contributed by atoms with van der Waals surface area (Å²) in [5.74, 6) is 0.743. The molecule has 1 saturated heterocycles. The molecular weight excluding hydrogens is 364 g/mol. The van der Waals surface area contributed by atoms with Crippen molar-refractivity contribution in [3.05, 3.63) is 47.1 Å². The minimum absolute atomic E-state index is 0.00223. The number of hydrogen-bond donors (Lipinski definition) is 1. The number of nitrogens with zero attached hydrogens (tertiary/aromatic N) is 3. The van der Waals surface area contributed by atoms with Gasteiger partial charge in [-0.1, -0.05) is 37.6 Å². The molecule has 6 nitrogen and oxygen atoms in total. The topological polar surface area (TPSA) is 67.2 Å². The molecule has 0 spiro atoms. The maximum Gasteiger partial charge on any atom is 0.228 e. The summed E-state index contributed by atoms with van der Waals surface area (Å²) in [4.78, 5) is 26.6. The van der Waals surface area contributed by atoms with Crippen LogP contribution >= 0.6 is 11.6 Å². The van der Waals surface area contributed by atoms with E-state index >= 15 is 0 Å². The van der Waals surface area contributed by atoms with Crippen LogP contribution in [0.15, 0.2) is 36.5 Å². The fourth-order valence-electron chi connectivity index (χ4n) is 3.28. The van der Waals surface area contributed by atoms with Gasteiger partial charge in [0.05, 0.1) is 12.7 Å². The number of hydrogen-bond acceptors (Lipinski definition) is 3. The van der Waals surface area contributed by atoms with Crippen LogP contribution in [0.25, 0.3) is 0 Å². The van der Waals surface area contributed by atoms with Crippen LogP contribution in [-0.4, -0.2) is 39.6 Å². The van der Waals surface area contributed by atoms with Crippen LogP contribution in [0.3, 0.4) is 0 Å². The highest BCUT2D eigenvalue weighted by Crippen LogP contribution is 2.21. The monoisotopic (exact) mass is 388 g/mol. The number of aromatic nitrogens is 2. The molecular formula is C20H25ClN4O2. The van der Waals surface area contributed by atoms with E-state index in [2.05, 4.69) is 10.4 Å². The third-order valence-corrected chi connectivity index (χ3v) is 5.14. The van der Waals surface area contributed by atoms with Gasteiger partial charge in [0.15, 0.2) is 0 Å². The summed E-state index contributed by atoms with van der Waals surface area (Å²) in [5.41, 5.74) is 1.05. The first kappa shape index (κ1) is 19.4. The molecule has 27 heavy (non-hydrogen) atoms. The van der Waals surface area contributed by atoms with Crippen LogP contribution in [0.4, 0.5) is 5.82 Å². The Morgan fingerprint density at radius 1 is 1.19 bits per heavy atom. The average Bonchev–Trinajstić information content (AvgIpc) is 3.09. The Balaban J connectivity index is 1.57. The SMILES string of the molecule is CC(C)C(=O)N1CCC(C(=O)Nc2ccnn2Cc2ccc(Cl)cc2)CC1. The molecule has 2 heterocycles. The van der Waals surface area contributed by atoms with Crippen LogP contribution in [0, 0.1) is 11.8 Å². The van der Waals surface area contributed by atoms with Gasteiger partial charge in [-0.25, -0.2) is 4.68 Å². The minimum atomic E-state index is -0.0832. The summed E-state index contributed by atoms with van der Waals surface area (Å²) in [7, 11) is 0. The Hall–Kier alpha value is -2.34. The first-order valence-corrected chi connectivity index (χ1v) is 9.67. The van der Waals surface area contributed by atoms with Gasteiger partial charge >= 0.3 is 0 Å². The first-order chi connectivity index (χ1) is 12.9. The Labute approximate surface area is 164 Å². The predicted octanol–water partition coefficient (Wildman–Crippen LogP) is 3.42. The summed E-state index contributed by atoms with van der Waals surface area (Å²) in [6, 6.07) is 9.36. The molecule has 0 atom stereocenters. The number of carbonyl (C=O) groups excluding carboxylic acids is 2. The third-order valence-electron chi connectivity index (χ3n) is 4.88. The molecule has 0 radical (unpaired) electrons. The van der Waals surface area contributed by atoms with E-state index in [1.807, 2.05) is 43.0 Å². The number of rotatable bonds is 5. The summed E-state index contributed by atoms with van der Waals surface area (Å²) >= 11 is 5.92. The summed E-state index contributed by atoms with van der Waals surface area (Å²) in [6.07, 6.45) is 3.06. The van der Waals surface area contributed by atoms with Gasteiger partial charge in [-0.15, -0.1) is 0 Å². The van der Waals surface area contributed by atoms with Crippen molar-refractivity contribution in [3.8, 4) is 0 Å². The fourth-order valence-corrected chi connectivity index (χ4v) is 3.41. The van der Waals surface area contributed by atoms with Gasteiger partial charge in [-0.3, -0.25) is 9.59 Å². The largest absolute Gasteiger partial charge is 0.342 e. The molecule has 1 aliphatic rings. The second kappa shape index (κ2) is 8.57. The normalized spacial score (nSPS) is 15.2. The Morgan fingerprint density at radius 2 is 1.85 bits per heavy atom. The second-order valence-corrected chi connectivity index (χ2v) is 7.68. The van der Waals surface area contributed by atoms with Crippen LogP contribution in [-0.2, 0) is 16.1 Å². The average molecular weight is 389 g/mol. The summed E-state index contributed by atoms with van der Waals surface area (Å²) in [5, 5.41) is 7.98. The molecule has 1 N–H and O–H groups in total. The van der Waals surface area contributed by atoms with Crippen molar-refractivity contribution < 1.29 is 9.59 Å². The number of benzene rings is 1. The van der Waals surface area contributed by atoms with E-state index in [1.54, 1.807) is 16.9 Å². The smallest absolute Gasteiger partial charge is 0.228 e. The molecule has 0 unspecified atom stereocenters. The highest BCUT2D eigenvalue weighted by molar-refractivity contribution is 6.30. The number of amides is 2. The van der Waals surface area contributed by atoms with Crippen LogP contribution in [0.5, 0.6) is 0 Å². The number of anilines is 1. The Kier molecular flexibility index (Phi) is 6.16. The van der Waals surface area contributed by atoms with Crippen molar-refractivity contribution in [1.82, 2.24) is 14.7 Å². The number of likely N-dealkylation sites (tertiary alicyclic amines) is 1. The van der Waals surface area contributed by atoms with Crippen LogP contribution in [0.2, 0.25) is 5.02 Å². The lowest BCUT2D eigenvalue weighted by Gasteiger charge is -2.32. The van der Waals surface area contributed by atoms with Crippen molar-refractivity contribution in [1.29, 1.82) is 0 Å². The molecule has 144 valence electrons. The molecule has 1 aliphatic heterocycles. The first-order valence-electron chi connectivity index (χ1n) is 9.30. The lowest BCUT2D eigenvalue weighted by Crippen LogP contribution is -2.43. The lowest BCUT2D eigenvalue weighted by molar-refractivity contribution is -0.137. The van der Waals surface area contributed by atoms with Gasteiger partial charge in [-0.2, -0.15) is 5.10 Å². The molecule has 1 aromatic carbocycles. The van der Waals surface area contributed by atoms with Gasteiger partial charge in [0, 0.05) is 36.0 Å². The van der Waals surface area contributed by atoms with Crippen molar-refractivity contribution in [3.63, 3.8) is 0 Å². The van der Waals surface area contributed by atoms with Gasteiger partial charge < -0.3 is 10.2 Å². The minimum Gasteiger partial charge on any atom is -0.342 e. The van der Waals surface area contributed by atoms with Crippen molar-refractivity contribution in [2.24, 2.45) is 11.8 Å². The number of nitrogens with one attached hydrogen (secondary N) is 1. The summed E-state index contributed by atoms with van der Waals surface area (Å²) < 4.78 is 1.76. The lowest BCUT2D eigenvalue weighted by atomic mass is 9.95. The predicted molar refractivity (Wildman–Crippen MR) is 106 cm³/mol. The Bertz CT molecular complexity index is 793. The van der Waals surface area contributed by atoms with E-state index in [1.165, 1.54) is 0 Å². The van der Waals surface area contributed by atoms with Crippen molar-refractivity contribution in [2.75, 3.05) is 18.4 Å². The van der Waals surface area contributed by atoms with Crippen LogP contribution < -0.4 is 5.32 Å². The van der Waals surface area contributed by atoms with Gasteiger partial charge in [-0.05, 0) is 30.5 Å². The maximum atomic E-state index is 12.7. The van der Waals surface area contributed by atoms with Gasteiger partial charge in [0.1, 0.15) is 5.82 Å². The fraction of sp³-hybridized carbons (Fsp3) is 0.450. The van der Waals surface area contributed by atoms with E-state index in [0.717, 1.165) is 5.56 Å². The second-order valence-electron chi connectivity index (χ2n) is 7.24. The molecule has 2 amide bonds. The molecule has 0 aliphatic carbocycles. The van der Waals surface area contributed by atoms with Crippen molar-refractivity contribution >= 4 is 29.2 Å². The van der Waals surface area contributed by atoms with Crippen LogP contribution in [0.1, 0.15) is 32.3 Å². The zero-order valence-corrected chi connectivity index (χ0v) is 16.4. The molecule has 2 aromatic rings. The van der Waals surface area contributed by atoms with E-state index in [-0.39, 0.29) is 23.7 Å². The maximum absolute atomic E-state index is 12.7. The Morgan fingerprint density at radius 3 is 2.48 bits per heavy atom. The number of piperidine rings is 1. The third kappa shape index (κ3) is 4.89. The standard InChI is InChI=1S/C20H25ClN4O2/c1-14(2)20(27)24-11-8-16(9-12-24)19(26)23-18-7-10-22-25(18)13-15-3-5-17(21)6-4-15/h3-7,10,14,16H,8-9,11-13H2,1-2H3,(H,23,26). The van der Waals surface area contributed by atoms with E-state index < -0.39 is 0 Å². The van der Waals surface area contributed by atoms with Crippen molar-refractivity contribution in [2.45, 2.75) is 33.2 Å². The highest BCUT2D eigenvalue weighted by Gasteiger charge is 2.28. The zero-order valence-electron chi connectivity index (χ0n) is 15.7. The highest BCUT2D eigenvalue weighted by atomic mass is 35.5. The van der Waals surface area contributed by atoms with Gasteiger partial charge in [0.25, 0.3) is 0 Å². The van der Waals surface area contributed by atoms with E-state index in [0.29, 0.717) is 43.3 Å². The number of carbonyl (C=O) groups is 2. The molecule has 1 aromatic heterocycles. The quantitative estimate of drug-likeness (QED) is 0.853. The molecule has 3 rings (SSSR count). The molecule has 0 saturated carbocycles. The molecule has 1 fully saturated rings. The van der Waals surface area contributed by atoms with E-state index in [4.69, 9.17) is 11.6 Å².